The molecule has 0 bridgehead atoms. The number of aliphatic hydroxyl groups is 1. The molecular weight excluding hydrogens is 570 g/mol. The first kappa shape index (κ1) is 34.4. The predicted octanol–water partition coefficient (Wildman–Crippen LogP) is 8.73. The molecular formula is C41H65NO4. The number of hydrogen-bond acceptors (Lipinski definition) is 4. The van der Waals surface area contributed by atoms with E-state index in [2.05, 4.69) is 65.6 Å². The van der Waals surface area contributed by atoms with Gasteiger partial charge in [-0.25, -0.2) is 0 Å². The summed E-state index contributed by atoms with van der Waals surface area (Å²) >= 11 is 0. The summed E-state index contributed by atoms with van der Waals surface area (Å²) in [7, 11) is 1.67. The molecule has 0 aromatic carbocycles. The summed E-state index contributed by atoms with van der Waals surface area (Å²) in [5.41, 5.74) is 4.67. The Morgan fingerprint density at radius 3 is 2.33 bits per heavy atom. The van der Waals surface area contributed by atoms with Crippen LogP contribution in [0.1, 0.15) is 126 Å². The van der Waals surface area contributed by atoms with Gasteiger partial charge in [-0.1, -0.05) is 58.9 Å². The molecule has 0 saturated heterocycles. The van der Waals surface area contributed by atoms with Gasteiger partial charge in [0, 0.05) is 19.2 Å². The molecule has 4 saturated carbocycles. The van der Waals surface area contributed by atoms with E-state index in [4.69, 9.17) is 4.74 Å². The summed E-state index contributed by atoms with van der Waals surface area (Å²) in [4.78, 5) is 12.0. The van der Waals surface area contributed by atoms with Crippen LogP contribution in [0, 0.1) is 56.7 Å². The van der Waals surface area contributed by atoms with E-state index in [1.54, 1.807) is 7.11 Å². The van der Waals surface area contributed by atoms with Crippen molar-refractivity contribution in [1.29, 1.82) is 0 Å². The first-order valence-electron chi connectivity index (χ1n) is 18.7. The Morgan fingerprint density at radius 1 is 0.957 bits per heavy atom. The standard InChI is InChI=1S/C41H65NO4/c1-26(2)29-14-21-41(42-24-28(43)25-46-9)23-22-39(7)31(34(29)41)10-11-33-38(6)19-15-30(27-12-17-37(5,18-13-27)35(44)45)36(3,4)32(38)16-20-40(33,39)8/h12,15,28-29,31-34,42-43H,1,10-11,13-14,16-25H2,2-9H3,(H,44,45)/t28-,29-,31+,32-,33+,34+,37-,38-,39+,40+,41-/m0/s1. The van der Waals surface area contributed by atoms with Crippen molar-refractivity contribution in [3.05, 3.63) is 35.5 Å². The molecule has 5 heteroatoms. The van der Waals surface area contributed by atoms with Gasteiger partial charge >= 0.3 is 5.97 Å². The summed E-state index contributed by atoms with van der Waals surface area (Å²) in [6.45, 7) is 22.8. The average molecular weight is 636 g/mol. The second-order valence-corrected chi connectivity index (χ2v) is 18.7. The summed E-state index contributed by atoms with van der Waals surface area (Å²) in [6, 6.07) is 0. The van der Waals surface area contributed by atoms with E-state index >= 15 is 0 Å². The average Bonchev–Trinajstić information content (AvgIpc) is 3.37. The molecule has 6 aliphatic carbocycles. The number of carbonyl (C=O) groups is 1. The minimum atomic E-state index is -0.658. The van der Waals surface area contributed by atoms with Gasteiger partial charge < -0.3 is 20.3 Å². The summed E-state index contributed by atoms with van der Waals surface area (Å²) in [6.07, 6.45) is 17.9. The van der Waals surface area contributed by atoms with Crippen LogP contribution in [-0.2, 0) is 9.53 Å². The minimum Gasteiger partial charge on any atom is -0.481 e. The number of allylic oxidation sites excluding steroid dienone is 5. The third kappa shape index (κ3) is 4.90. The highest BCUT2D eigenvalue weighted by Crippen LogP contribution is 2.76. The maximum Gasteiger partial charge on any atom is 0.309 e. The van der Waals surface area contributed by atoms with Crippen molar-refractivity contribution < 1.29 is 19.7 Å². The molecule has 0 amide bonds. The molecule has 0 spiro atoms. The van der Waals surface area contributed by atoms with E-state index in [1.165, 1.54) is 68.1 Å². The van der Waals surface area contributed by atoms with Gasteiger partial charge in [-0.05, 0) is 153 Å². The van der Waals surface area contributed by atoms with Crippen LogP contribution in [0.15, 0.2) is 35.5 Å². The fourth-order valence-electron chi connectivity index (χ4n) is 13.6. The summed E-state index contributed by atoms with van der Waals surface area (Å²) in [5, 5.41) is 24.5. The molecule has 258 valence electrons. The zero-order valence-corrected chi connectivity index (χ0v) is 30.4. The molecule has 6 rings (SSSR count). The van der Waals surface area contributed by atoms with E-state index in [0.717, 1.165) is 19.3 Å². The Labute approximate surface area is 280 Å². The fraction of sp³-hybridized carbons (Fsp3) is 0.829. The van der Waals surface area contributed by atoms with E-state index in [0.29, 0.717) is 54.6 Å². The van der Waals surface area contributed by atoms with Gasteiger partial charge in [-0.3, -0.25) is 4.79 Å². The number of rotatable bonds is 8. The van der Waals surface area contributed by atoms with Crippen LogP contribution < -0.4 is 5.32 Å². The van der Waals surface area contributed by atoms with Gasteiger partial charge in [0.2, 0.25) is 0 Å². The predicted molar refractivity (Wildman–Crippen MR) is 186 cm³/mol. The summed E-state index contributed by atoms with van der Waals surface area (Å²) in [5.74, 6) is 2.46. The molecule has 4 fully saturated rings. The number of nitrogens with one attached hydrogen (secondary N) is 1. The lowest BCUT2D eigenvalue weighted by Crippen LogP contribution is -2.68. The van der Waals surface area contributed by atoms with Crippen molar-refractivity contribution in [2.45, 2.75) is 137 Å². The van der Waals surface area contributed by atoms with E-state index in [1.807, 2.05) is 6.92 Å². The van der Waals surface area contributed by atoms with Crippen LogP contribution in [0.25, 0.3) is 0 Å². The van der Waals surface area contributed by atoms with Crippen molar-refractivity contribution >= 4 is 5.97 Å². The minimum absolute atomic E-state index is 0.0834. The number of aliphatic hydroxyl groups excluding tert-OH is 1. The molecule has 3 N–H and O–H groups in total. The zero-order chi connectivity index (χ0) is 33.5. The van der Waals surface area contributed by atoms with Crippen molar-refractivity contribution in [2.24, 2.45) is 56.7 Å². The van der Waals surface area contributed by atoms with Gasteiger partial charge in [-0.15, -0.1) is 0 Å². The molecule has 46 heavy (non-hydrogen) atoms. The molecule has 6 aliphatic rings. The molecule has 0 aromatic heterocycles. The van der Waals surface area contributed by atoms with Crippen molar-refractivity contribution in [1.82, 2.24) is 5.32 Å². The Kier molecular flexibility index (Phi) is 8.67. The number of fused-ring (bicyclic) bond motifs is 7. The highest BCUT2D eigenvalue weighted by molar-refractivity contribution is 5.75. The third-order valence-corrected chi connectivity index (χ3v) is 16.3. The van der Waals surface area contributed by atoms with Gasteiger partial charge in [0.25, 0.3) is 0 Å². The number of carboxylic acid groups (broad SMARTS) is 1. The molecule has 0 aliphatic heterocycles. The van der Waals surface area contributed by atoms with Crippen LogP contribution in [0.2, 0.25) is 0 Å². The zero-order valence-electron chi connectivity index (χ0n) is 30.4. The van der Waals surface area contributed by atoms with Crippen molar-refractivity contribution in [3.63, 3.8) is 0 Å². The monoisotopic (exact) mass is 635 g/mol. The van der Waals surface area contributed by atoms with E-state index < -0.39 is 17.5 Å². The molecule has 0 aromatic rings. The third-order valence-electron chi connectivity index (χ3n) is 16.3. The Morgan fingerprint density at radius 2 is 1.70 bits per heavy atom. The van der Waals surface area contributed by atoms with Crippen LogP contribution in [0.3, 0.4) is 0 Å². The second-order valence-electron chi connectivity index (χ2n) is 18.7. The SMILES string of the molecule is C=C(C)[C@@H]1CC[C@]2(NC[C@H](O)COC)CC[C@]3(C)[C@H](CC[C@@H]4[C@@]5(C)CC=C(C6=CC[C@](C)(C(=O)O)CC6)C(C)(C)[C@@H]5CC[C@]43C)[C@@H]12. The highest BCUT2D eigenvalue weighted by Gasteiger charge is 2.70. The first-order chi connectivity index (χ1) is 21.5. The van der Waals surface area contributed by atoms with Gasteiger partial charge in [0.05, 0.1) is 18.1 Å². The number of methoxy groups -OCH3 is 1. The largest absolute Gasteiger partial charge is 0.481 e. The number of ether oxygens (including phenoxy) is 1. The topological polar surface area (TPSA) is 78.8 Å². The molecule has 5 nitrogen and oxygen atoms in total. The van der Waals surface area contributed by atoms with Crippen LogP contribution >= 0.6 is 0 Å². The summed E-state index contributed by atoms with van der Waals surface area (Å²) < 4.78 is 5.28. The van der Waals surface area contributed by atoms with Crippen LogP contribution in [-0.4, -0.2) is 48.1 Å². The number of β-amino-alcohol motifs (C(OH)–C–C–N with tert-alkyl or cyclic N) is 1. The van der Waals surface area contributed by atoms with Gasteiger partial charge in [-0.2, -0.15) is 0 Å². The maximum absolute atomic E-state index is 12.0. The molecule has 0 radical (unpaired) electrons. The fourth-order valence-corrected chi connectivity index (χ4v) is 13.6. The first-order valence-corrected chi connectivity index (χ1v) is 18.7. The van der Waals surface area contributed by atoms with Crippen molar-refractivity contribution in [3.8, 4) is 0 Å². The normalized spacial score (nSPS) is 46.9. The Hall–Kier alpha value is -1.43. The Bertz CT molecular complexity index is 1300. The van der Waals surface area contributed by atoms with E-state index in [-0.39, 0.29) is 21.8 Å². The maximum atomic E-state index is 12.0. The molecule has 11 atom stereocenters. The number of hydrogen-bond donors (Lipinski definition) is 3. The Balaban J connectivity index is 1.30. The second kappa shape index (κ2) is 11.6. The number of carboxylic acids is 1. The lowest BCUT2D eigenvalue weighted by Gasteiger charge is -2.72. The number of aliphatic carboxylic acids is 1. The molecule has 0 heterocycles. The lowest BCUT2D eigenvalue weighted by molar-refractivity contribution is -0.221. The van der Waals surface area contributed by atoms with Gasteiger partial charge in [0.1, 0.15) is 0 Å². The van der Waals surface area contributed by atoms with Crippen molar-refractivity contribution in [2.75, 3.05) is 20.3 Å². The van der Waals surface area contributed by atoms with Gasteiger partial charge in [0.15, 0.2) is 0 Å². The lowest BCUT2D eigenvalue weighted by atomic mass is 9.33. The molecule has 0 unspecified atom stereocenters. The van der Waals surface area contributed by atoms with Crippen LogP contribution in [0.5, 0.6) is 0 Å². The van der Waals surface area contributed by atoms with E-state index in [9.17, 15) is 15.0 Å². The highest BCUT2D eigenvalue weighted by atomic mass is 16.5. The quantitative estimate of drug-likeness (QED) is 0.233. The van der Waals surface area contributed by atoms with Crippen LogP contribution in [0.4, 0.5) is 0 Å². The smallest absolute Gasteiger partial charge is 0.309 e.